The second kappa shape index (κ2) is 7.21. The Morgan fingerprint density at radius 2 is 1.86 bits per heavy atom. The molecule has 1 aliphatic rings. The first-order valence-corrected chi connectivity index (χ1v) is 9.01. The van der Waals surface area contributed by atoms with Crippen LogP contribution in [0.3, 0.4) is 0 Å². The summed E-state index contributed by atoms with van der Waals surface area (Å²) in [5.74, 6) is -0.932. The molecule has 0 bridgehead atoms. The average molecular weight is 388 g/mol. The number of thiocarbonyl (C=S) groups is 1. The monoisotopic (exact) mass is 388 g/mol. The number of hydrogen-bond donors (Lipinski definition) is 1. The van der Waals surface area contributed by atoms with E-state index in [0.717, 1.165) is 22.3 Å². The Morgan fingerprint density at radius 1 is 1.11 bits per heavy atom. The van der Waals surface area contributed by atoms with Gasteiger partial charge >= 0.3 is 0 Å². The van der Waals surface area contributed by atoms with Gasteiger partial charge in [0.1, 0.15) is 11.9 Å². The third-order valence-corrected chi connectivity index (χ3v) is 4.76. The highest BCUT2D eigenvalue weighted by Crippen LogP contribution is 2.20. The summed E-state index contributed by atoms with van der Waals surface area (Å²) in [4.78, 5) is 30.5. The first-order valence-electron chi connectivity index (χ1n) is 8.61. The molecule has 0 unspecified atom stereocenters. The first kappa shape index (κ1) is 17.8. The van der Waals surface area contributed by atoms with Crippen LogP contribution in [0.1, 0.15) is 5.56 Å². The van der Waals surface area contributed by atoms with Gasteiger partial charge in [0.05, 0.1) is 11.0 Å². The van der Waals surface area contributed by atoms with Crippen molar-refractivity contribution in [3.05, 3.63) is 78.6 Å². The van der Waals surface area contributed by atoms with E-state index < -0.39 is 11.8 Å². The minimum absolute atomic E-state index is 0.0382. The lowest BCUT2D eigenvalue weighted by Crippen LogP contribution is -2.53. The molecular formula is C21H16N4O2S. The van der Waals surface area contributed by atoms with Crippen LogP contribution < -0.4 is 5.32 Å². The van der Waals surface area contributed by atoms with E-state index in [4.69, 9.17) is 12.2 Å². The number of amides is 2. The minimum Gasteiger partial charge on any atom is -0.299 e. The molecule has 0 spiro atoms. The van der Waals surface area contributed by atoms with E-state index in [0.29, 0.717) is 0 Å². The maximum absolute atomic E-state index is 12.6. The highest BCUT2D eigenvalue weighted by molar-refractivity contribution is 7.80. The lowest BCUT2D eigenvalue weighted by molar-refractivity contribution is -0.128. The SMILES string of the molecule is C=CCN1C(=O)/C(=C\c2ccc(-n3cnc4ccccc43)cc2)C(=O)NC1=S. The second-order valence-electron chi connectivity index (χ2n) is 6.22. The Kier molecular flexibility index (Phi) is 4.58. The van der Waals surface area contributed by atoms with Gasteiger partial charge in [0.15, 0.2) is 5.11 Å². The molecule has 28 heavy (non-hydrogen) atoms. The fraction of sp³-hybridized carbons (Fsp3) is 0.0476. The Morgan fingerprint density at radius 3 is 2.61 bits per heavy atom. The Balaban J connectivity index is 1.65. The molecule has 6 nitrogen and oxygen atoms in total. The van der Waals surface area contributed by atoms with Crippen molar-refractivity contribution in [1.29, 1.82) is 0 Å². The number of carbonyl (C=O) groups is 2. The number of rotatable bonds is 4. The van der Waals surface area contributed by atoms with Crippen LogP contribution in [0.25, 0.3) is 22.8 Å². The molecule has 0 atom stereocenters. The quantitative estimate of drug-likeness (QED) is 0.323. The highest BCUT2D eigenvalue weighted by Gasteiger charge is 2.32. The molecule has 0 saturated carbocycles. The number of nitrogens with one attached hydrogen (secondary N) is 1. The van der Waals surface area contributed by atoms with Gasteiger partial charge in [-0.05, 0) is 48.1 Å². The Labute approximate surface area is 166 Å². The fourth-order valence-electron chi connectivity index (χ4n) is 3.05. The van der Waals surface area contributed by atoms with Crippen molar-refractivity contribution < 1.29 is 9.59 Å². The molecule has 1 aliphatic heterocycles. The van der Waals surface area contributed by atoms with Crippen LogP contribution in [0, 0.1) is 0 Å². The summed E-state index contributed by atoms with van der Waals surface area (Å²) >= 11 is 5.06. The van der Waals surface area contributed by atoms with Crippen LogP contribution in [-0.4, -0.2) is 37.9 Å². The normalized spacial score (nSPS) is 15.9. The van der Waals surface area contributed by atoms with E-state index in [2.05, 4.69) is 16.9 Å². The van der Waals surface area contributed by atoms with Gasteiger partial charge in [0.25, 0.3) is 11.8 Å². The zero-order chi connectivity index (χ0) is 19.7. The van der Waals surface area contributed by atoms with Gasteiger partial charge in [-0.1, -0.05) is 30.3 Å². The standard InChI is InChI=1S/C21H16N4O2S/c1-2-11-24-20(27)16(19(26)23-21(24)28)12-14-7-9-15(10-8-14)25-13-22-17-5-3-4-6-18(17)25/h2-10,12-13H,1,11H2,(H,23,26,28)/b16-12-. The van der Waals surface area contributed by atoms with Crippen LogP contribution in [-0.2, 0) is 9.59 Å². The van der Waals surface area contributed by atoms with Crippen LogP contribution in [0.15, 0.2) is 73.1 Å². The second-order valence-corrected chi connectivity index (χ2v) is 6.60. The molecule has 4 rings (SSSR count). The molecule has 0 aliphatic carbocycles. The number of nitrogens with zero attached hydrogens (tertiary/aromatic N) is 3. The van der Waals surface area contributed by atoms with Crippen LogP contribution in [0.4, 0.5) is 0 Å². The van der Waals surface area contributed by atoms with Crippen LogP contribution >= 0.6 is 12.2 Å². The summed E-state index contributed by atoms with van der Waals surface area (Å²) in [6.07, 6.45) is 4.89. The van der Waals surface area contributed by atoms with Crippen molar-refractivity contribution >= 4 is 46.3 Å². The van der Waals surface area contributed by atoms with Crippen molar-refractivity contribution in [3.8, 4) is 5.69 Å². The van der Waals surface area contributed by atoms with Gasteiger partial charge in [0.2, 0.25) is 0 Å². The van der Waals surface area contributed by atoms with E-state index in [9.17, 15) is 9.59 Å². The van der Waals surface area contributed by atoms with E-state index in [-0.39, 0.29) is 17.2 Å². The van der Waals surface area contributed by atoms with E-state index in [1.165, 1.54) is 4.90 Å². The highest BCUT2D eigenvalue weighted by atomic mass is 32.1. The molecule has 1 fully saturated rings. The molecule has 2 heterocycles. The smallest absolute Gasteiger partial charge is 0.265 e. The van der Waals surface area contributed by atoms with E-state index in [1.54, 1.807) is 18.5 Å². The maximum atomic E-state index is 12.6. The van der Waals surface area contributed by atoms with E-state index in [1.807, 2.05) is 53.1 Å². The molecule has 1 N–H and O–H groups in total. The molecule has 7 heteroatoms. The molecule has 0 radical (unpaired) electrons. The predicted molar refractivity (Wildman–Crippen MR) is 112 cm³/mol. The molecular weight excluding hydrogens is 372 g/mol. The summed E-state index contributed by atoms with van der Waals surface area (Å²) in [6.45, 7) is 3.85. The molecule has 138 valence electrons. The summed E-state index contributed by atoms with van der Waals surface area (Å²) in [7, 11) is 0. The molecule has 1 aromatic heterocycles. The number of aromatic nitrogens is 2. The number of hydrogen-bond acceptors (Lipinski definition) is 4. The Bertz CT molecular complexity index is 1140. The molecule has 2 aromatic carbocycles. The topological polar surface area (TPSA) is 67.2 Å². The van der Waals surface area contributed by atoms with Gasteiger partial charge in [-0.15, -0.1) is 6.58 Å². The van der Waals surface area contributed by atoms with Gasteiger partial charge in [-0.2, -0.15) is 0 Å². The van der Waals surface area contributed by atoms with Gasteiger partial charge in [0, 0.05) is 12.2 Å². The van der Waals surface area contributed by atoms with E-state index >= 15 is 0 Å². The lowest BCUT2D eigenvalue weighted by Gasteiger charge is -2.27. The number of carbonyl (C=O) groups excluding carboxylic acids is 2. The molecule has 1 saturated heterocycles. The Hall–Kier alpha value is -3.58. The van der Waals surface area contributed by atoms with Crippen molar-refractivity contribution in [2.75, 3.05) is 6.54 Å². The van der Waals surface area contributed by atoms with Crippen molar-refractivity contribution in [1.82, 2.24) is 19.8 Å². The zero-order valence-electron chi connectivity index (χ0n) is 14.8. The maximum Gasteiger partial charge on any atom is 0.265 e. The zero-order valence-corrected chi connectivity index (χ0v) is 15.6. The summed E-state index contributed by atoms with van der Waals surface area (Å²) < 4.78 is 1.98. The third kappa shape index (κ3) is 3.12. The largest absolute Gasteiger partial charge is 0.299 e. The minimum atomic E-state index is -0.500. The van der Waals surface area contributed by atoms with Gasteiger partial charge < -0.3 is 0 Å². The third-order valence-electron chi connectivity index (χ3n) is 4.43. The first-order chi connectivity index (χ1) is 13.6. The molecule has 2 amide bonds. The molecule has 3 aromatic rings. The summed E-state index contributed by atoms with van der Waals surface area (Å²) in [5, 5.41) is 2.63. The van der Waals surface area contributed by atoms with Crippen molar-refractivity contribution in [2.24, 2.45) is 0 Å². The number of benzene rings is 2. The van der Waals surface area contributed by atoms with Crippen molar-refractivity contribution in [2.45, 2.75) is 0 Å². The predicted octanol–water partition coefficient (Wildman–Crippen LogP) is 2.84. The fourth-order valence-corrected chi connectivity index (χ4v) is 3.30. The number of fused-ring (bicyclic) bond motifs is 1. The van der Waals surface area contributed by atoms with Gasteiger partial charge in [-0.3, -0.25) is 24.4 Å². The number of imidazole rings is 1. The number of para-hydroxylation sites is 2. The summed E-state index contributed by atoms with van der Waals surface area (Å²) in [5.41, 5.74) is 3.62. The lowest BCUT2D eigenvalue weighted by atomic mass is 10.1. The van der Waals surface area contributed by atoms with Crippen molar-refractivity contribution in [3.63, 3.8) is 0 Å². The van der Waals surface area contributed by atoms with Crippen LogP contribution in [0.2, 0.25) is 0 Å². The van der Waals surface area contributed by atoms with Crippen LogP contribution in [0.5, 0.6) is 0 Å². The average Bonchev–Trinajstić information content (AvgIpc) is 3.13. The van der Waals surface area contributed by atoms with Gasteiger partial charge in [-0.25, -0.2) is 4.98 Å². The summed E-state index contributed by atoms with van der Waals surface area (Å²) in [6, 6.07) is 15.4.